The standard InChI is InChI=1S/C23H28N6O4S2/c1-15(2)33-21-7-5-17(35(24,31)32)12-19(21)27-23-28-20(14-34-23)16-4-6-18(26-13-16)22(30)29-10-3-8-25-9-11-29/h4-7,12-15,25H,3,8-11H2,1-2H3,(H,27,28)(H2,24,31,32). The number of rotatable bonds is 7. The lowest BCUT2D eigenvalue weighted by Gasteiger charge is -2.19. The minimum atomic E-state index is -3.88. The minimum Gasteiger partial charge on any atom is -0.489 e. The molecule has 12 heteroatoms. The van der Waals surface area contributed by atoms with Gasteiger partial charge in [0, 0.05) is 36.8 Å². The van der Waals surface area contributed by atoms with Gasteiger partial charge >= 0.3 is 0 Å². The van der Waals surface area contributed by atoms with E-state index in [4.69, 9.17) is 9.88 Å². The normalized spacial score (nSPS) is 14.6. The lowest BCUT2D eigenvalue weighted by Crippen LogP contribution is -2.34. The first kappa shape index (κ1) is 25.0. The van der Waals surface area contributed by atoms with Gasteiger partial charge in [-0.15, -0.1) is 11.3 Å². The predicted octanol–water partition coefficient (Wildman–Crippen LogP) is 2.82. The summed E-state index contributed by atoms with van der Waals surface area (Å²) in [5.74, 6) is 0.408. The fourth-order valence-corrected chi connectivity index (χ4v) is 4.87. The number of benzene rings is 1. The van der Waals surface area contributed by atoms with Gasteiger partial charge < -0.3 is 20.3 Å². The van der Waals surface area contributed by atoms with Crippen LogP contribution in [0.2, 0.25) is 0 Å². The van der Waals surface area contributed by atoms with Gasteiger partial charge in [0.25, 0.3) is 5.91 Å². The quantitative estimate of drug-likeness (QED) is 0.436. The molecule has 0 unspecified atom stereocenters. The lowest BCUT2D eigenvalue weighted by molar-refractivity contribution is 0.0760. The molecule has 1 saturated heterocycles. The highest BCUT2D eigenvalue weighted by Crippen LogP contribution is 2.33. The Morgan fingerprint density at radius 3 is 2.77 bits per heavy atom. The monoisotopic (exact) mass is 516 g/mol. The van der Waals surface area contributed by atoms with E-state index in [1.165, 1.54) is 23.5 Å². The summed E-state index contributed by atoms with van der Waals surface area (Å²) < 4.78 is 29.4. The van der Waals surface area contributed by atoms with Crippen molar-refractivity contribution in [2.75, 3.05) is 31.5 Å². The second kappa shape index (κ2) is 10.7. The fraction of sp³-hybridized carbons (Fsp3) is 0.348. The van der Waals surface area contributed by atoms with Crippen LogP contribution in [-0.2, 0) is 10.0 Å². The number of nitrogens with zero attached hydrogens (tertiary/aromatic N) is 3. The van der Waals surface area contributed by atoms with Gasteiger partial charge in [0.1, 0.15) is 11.4 Å². The zero-order valence-electron chi connectivity index (χ0n) is 19.5. The SMILES string of the molecule is CC(C)Oc1ccc(S(N)(=O)=O)cc1Nc1nc(-c2ccc(C(=O)N3CCCNCC3)nc2)cs1. The van der Waals surface area contributed by atoms with Gasteiger partial charge in [0.2, 0.25) is 10.0 Å². The van der Waals surface area contributed by atoms with Gasteiger partial charge in [-0.1, -0.05) is 0 Å². The molecule has 0 atom stereocenters. The van der Waals surface area contributed by atoms with E-state index in [-0.39, 0.29) is 16.9 Å². The maximum Gasteiger partial charge on any atom is 0.272 e. The molecule has 3 heterocycles. The van der Waals surface area contributed by atoms with Crippen LogP contribution in [0.25, 0.3) is 11.3 Å². The Morgan fingerprint density at radius 1 is 1.23 bits per heavy atom. The average molecular weight is 517 g/mol. The van der Waals surface area contributed by atoms with Crippen molar-refractivity contribution in [2.45, 2.75) is 31.3 Å². The molecule has 1 amide bonds. The number of sulfonamides is 1. The number of primary sulfonamides is 1. The Bertz CT molecular complexity index is 1280. The zero-order chi connectivity index (χ0) is 25.0. The van der Waals surface area contributed by atoms with Crippen LogP contribution in [0.4, 0.5) is 10.8 Å². The number of pyridine rings is 1. The van der Waals surface area contributed by atoms with Crippen LogP contribution in [0, 0.1) is 0 Å². The van der Waals surface area contributed by atoms with Gasteiger partial charge in [0.15, 0.2) is 5.13 Å². The molecule has 0 saturated carbocycles. The van der Waals surface area contributed by atoms with Crippen LogP contribution in [0.5, 0.6) is 5.75 Å². The highest BCUT2D eigenvalue weighted by atomic mass is 32.2. The van der Waals surface area contributed by atoms with Gasteiger partial charge in [-0.2, -0.15) is 0 Å². The number of nitrogens with one attached hydrogen (secondary N) is 2. The second-order valence-corrected chi connectivity index (χ2v) is 10.8. The summed E-state index contributed by atoms with van der Waals surface area (Å²) >= 11 is 1.35. The van der Waals surface area contributed by atoms with Crippen molar-refractivity contribution in [3.63, 3.8) is 0 Å². The fourth-order valence-electron chi connectivity index (χ4n) is 3.60. The Labute approximate surface area is 208 Å². The molecule has 35 heavy (non-hydrogen) atoms. The summed E-state index contributed by atoms with van der Waals surface area (Å²) in [6, 6.07) is 7.93. The molecule has 0 bridgehead atoms. The highest BCUT2D eigenvalue weighted by molar-refractivity contribution is 7.89. The van der Waals surface area contributed by atoms with Crippen LogP contribution in [0.15, 0.2) is 46.8 Å². The summed E-state index contributed by atoms with van der Waals surface area (Å²) in [4.78, 5) is 23.5. The number of hydrogen-bond acceptors (Lipinski definition) is 9. The molecule has 1 aliphatic heterocycles. The number of amides is 1. The molecule has 0 spiro atoms. The van der Waals surface area contributed by atoms with Crippen molar-refractivity contribution in [3.05, 3.63) is 47.6 Å². The van der Waals surface area contributed by atoms with E-state index in [0.29, 0.717) is 41.0 Å². The molecule has 4 rings (SSSR count). The van der Waals surface area contributed by atoms with E-state index in [0.717, 1.165) is 25.1 Å². The van der Waals surface area contributed by atoms with E-state index in [9.17, 15) is 13.2 Å². The van der Waals surface area contributed by atoms with Gasteiger partial charge in [-0.3, -0.25) is 9.78 Å². The van der Waals surface area contributed by atoms with Crippen molar-refractivity contribution in [3.8, 4) is 17.0 Å². The van der Waals surface area contributed by atoms with Crippen molar-refractivity contribution < 1.29 is 17.9 Å². The Kier molecular flexibility index (Phi) is 7.65. The van der Waals surface area contributed by atoms with E-state index in [1.807, 2.05) is 30.2 Å². The molecule has 1 aliphatic rings. The summed E-state index contributed by atoms with van der Waals surface area (Å²) in [5, 5.41) is 14.1. The third-order valence-corrected chi connectivity index (χ3v) is 6.96. The highest BCUT2D eigenvalue weighted by Gasteiger charge is 2.19. The number of aromatic nitrogens is 2. The Balaban J connectivity index is 1.52. The maximum atomic E-state index is 12.8. The Hall–Kier alpha value is -3.06. The number of carbonyl (C=O) groups is 1. The van der Waals surface area contributed by atoms with Crippen LogP contribution in [-0.4, -0.2) is 61.5 Å². The van der Waals surface area contributed by atoms with Crippen molar-refractivity contribution in [1.82, 2.24) is 20.2 Å². The maximum absolute atomic E-state index is 12.8. The van der Waals surface area contributed by atoms with E-state index < -0.39 is 10.0 Å². The smallest absolute Gasteiger partial charge is 0.272 e. The zero-order valence-corrected chi connectivity index (χ0v) is 21.2. The van der Waals surface area contributed by atoms with Crippen molar-refractivity contribution >= 4 is 38.1 Å². The number of anilines is 2. The predicted molar refractivity (Wildman–Crippen MR) is 136 cm³/mol. The summed E-state index contributed by atoms with van der Waals surface area (Å²) in [6.07, 6.45) is 2.44. The number of thiazole rings is 1. The summed E-state index contributed by atoms with van der Waals surface area (Å²) in [5.41, 5.74) is 2.29. The number of hydrogen-bond donors (Lipinski definition) is 3. The second-order valence-electron chi connectivity index (χ2n) is 8.36. The van der Waals surface area contributed by atoms with Crippen LogP contribution < -0.4 is 20.5 Å². The third kappa shape index (κ3) is 6.34. The first-order valence-electron chi connectivity index (χ1n) is 11.2. The van der Waals surface area contributed by atoms with Crippen molar-refractivity contribution in [2.24, 2.45) is 5.14 Å². The number of ether oxygens (including phenoxy) is 1. The van der Waals surface area contributed by atoms with Crippen LogP contribution >= 0.6 is 11.3 Å². The first-order valence-corrected chi connectivity index (χ1v) is 13.7. The number of carbonyl (C=O) groups excluding carboxylic acids is 1. The molecule has 2 aromatic heterocycles. The largest absolute Gasteiger partial charge is 0.489 e. The van der Waals surface area contributed by atoms with E-state index in [1.54, 1.807) is 18.3 Å². The third-order valence-electron chi connectivity index (χ3n) is 5.29. The molecule has 10 nitrogen and oxygen atoms in total. The lowest BCUT2D eigenvalue weighted by atomic mass is 10.2. The Morgan fingerprint density at radius 2 is 2.06 bits per heavy atom. The molecule has 1 fully saturated rings. The summed E-state index contributed by atoms with van der Waals surface area (Å²) in [7, 11) is -3.88. The molecular formula is C23H28N6O4S2. The molecule has 4 N–H and O–H groups in total. The topological polar surface area (TPSA) is 140 Å². The van der Waals surface area contributed by atoms with Crippen LogP contribution in [0.1, 0.15) is 30.8 Å². The van der Waals surface area contributed by atoms with Crippen LogP contribution in [0.3, 0.4) is 0 Å². The van der Waals surface area contributed by atoms with Gasteiger partial charge in [0.05, 0.1) is 22.4 Å². The molecule has 1 aromatic carbocycles. The molecule has 0 aliphatic carbocycles. The van der Waals surface area contributed by atoms with E-state index in [2.05, 4.69) is 20.6 Å². The first-order chi connectivity index (χ1) is 16.7. The molecule has 186 valence electrons. The molecular weight excluding hydrogens is 488 g/mol. The average Bonchev–Trinajstić information content (AvgIpc) is 3.11. The van der Waals surface area contributed by atoms with Crippen molar-refractivity contribution in [1.29, 1.82) is 0 Å². The number of nitrogens with two attached hydrogens (primary N) is 1. The van der Waals surface area contributed by atoms with Gasteiger partial charge in [-0.25, -0.2) is 18.5 Å². The van der Waals surface area contributed by atoms with Gasteiger partial charge in [-0.05, 0) is 57.1 Å². The van der Waals surface area contributed by atoms with E-state index >= 15 is 0 Å². The minimum absolute atomic E-state index is 0.0301. The summed E-state index contributed by atoms with van der Waals surface area (Å²) in [6.45, 7) is 6.83. The molecule has 0 radical (unpaired) electrons. The molecule has 3 aromatic rings.